The zero-order valence-electron chi connectivity index (χ0n) is 9.17. The molecule has 1 amide bonds. The van der Waals surface area contributed by atoms with Gasteiger partial charge in [-0.2, -0.15) is 0 Å². The first-order valence-electron chi connectivity index (χ1n) is 5.09. The van der Waals surface area contributed by atoms with Gasteiger partial charge in [-0.3, -0.25) is 4.79 Å². The normalized spacial score (nSPS) is 10.3. The van der Waals surface area contributed by atoms with E-state index in [4.69, 9.17) is 5.73 Å². The third-order valence-corrected chi connectivity index (χ3v) is 3.21. The van der Waals surface area contributed by atoms with Crippen LogP contribution < -0.4 is 11.1 Å². The Morgan fingerprint density at radius 2 is 2.33 bits per heavy atom. The van der Waals surface area contributed by atoms with Crippen molar-refractivity contribution in [1.29, 1.82) is 0 Å². The van der Waals surface area contributed by atoms with Gasteiger partial charge in [-0.05, 0) is 20.4 Å². The molecule has 0 bridgehead atoms. The Hall–Kier alpha value is -0.940. The van der Waals surface area contributed by atoms with Crippen LogP contribution in [0, 0.1) is 6.92 Å². The van der Waals surface area contributed by atoms with Crippen LogP contribution in [-0.4, -0.2) is 24.0 Å². The topological polar surface area (TPSA) is 68.0 Å². The van der Waals surface area contributed by atoms with E-state index >= 15 is 0 Å². The first-order chi connectivity index (χ1) is 7.17. The number of thiazole rings is 1. The molecule has 0 saturated heterocycles. The molecule has 0 atom stereocenters. The van der Waals surface area contributed by atoms with Gasteiger partial charge in [-0.15, -0.1) is 11.3 Å². The third kappa shape index (κ3) is 3.60. The molecule has 1 aromatic rings. The van der Waals surface area contributed by atoms with Crippen molar-refractivity contribution >= 4 is 17.2 Å². The fourth-order valence-electron chi connectivity index (χ4n) is 1.29. The first kappa shape index (κ1) is 12.1. The minimum absolute atomic E-state index is 0.0588. The number of aryl methyl sites for hydroxylation is 1. The van der Waals surface area contributed by atoms with Crippen LogP contribution in [0.25, 0.3) is 0 Å². The van der Waals surface area contributed by atoms with E-state index in [2.05, 4.69) is 10.3 Å². The van der Waals surface area contributed by atoms with Crippen LogP contribution in [0.15, 0.2) is 0 Å². The van der Waals surface area contributed by atoms with Crippen molar-refractivity contribution in [2.24, 2.45) is 5.73 Å². The summed E-state index contributed by atoms with van der Waals surface area (Å²) in [6.45, 7) is 5.13. The second kappa shape index (κ2) is 5.82. The summed E-state index contributed by atoms with van der Waals surface area (Å²) in [5.41, 5.74) is 6.41. The molecular formula is C10H17N3OS. The van der Waals surface area contributed by atoms with Crippen LogP contribution in [-0.2, 0) is 17.6 Å². The molecule has 5 heteroatoms. The number of carbonyl (C=O) groups is 1. The van der Waals surface area contributed by atoms with Crippen molar-refractivity contribution in [2.45, 2.75) is 26.7 Å². The van der Waals surface area contributed by atoms with Crippen molar-refractivity contribution in [2.75, 3.05) is 13.1 Å². The van der Waals surface area contributed by atoms with E-state index in [9.17, 15) is 4.79 Å². The Morgan fingerprint density at radius 1 is 1.60 bits per heavy atom. The molecular weight excluding hydrogens is 210 g/mol. The minimum atomic E-state index is 0.0588. The smallest absolute Gasteiger partial charge is 0.225 e. The predicted octanol–water partition coefficient (Wildman–Crippen LogP) is 0.631. The van der Waals surface area contributed by atoms with Gasteiger partial charge in [0.2, 0.25) is 5.91 Å². The predicted molar refractivity (Wildman–Crippen MR) is 62.0 cm³/mol. The molecule has 3 N–H and O–H groups in total. The van der Waals surface area contributed by atoms with Gasteiger partial charge < -0.3 is 11.1 Å². The molecule has 1 rings (SSSR count). The number of carbonyl (C=O) groups excluding carboxylic acids is 1. The van der Waals surface area contributed by atoms with Gasteiger partial charge in [0.15, 0.2) is 0 Å². The van der Waals surface area contributed by atoms with E-state index in [1.165, 1.54) is 0 Å². The van der Waals surface area contributed by atoms with Crippen molar-refractivity contribution in [3.05, 3.63) is 15.6 Å². The number of hydrogen-bond acceptors (Lipinski definition) is 4. The highest BCUT2D eigenvalue weighted by Crippen LogP contribution is 2.18. The molecule has 0 radical (unpaired) electrons. The van der Waals surface area contributed by atoms with Gasteiger partial charge in [0, 0.05) is 17.8 Å². The number of likely N-dealkylation sites (N-methyl/N-ethyl adjacent to an activating group) is 1. The lowest BCUT2D eigenvalue weighted by Crippen LogP contribution is -2.24. The van der Waals surface area contributed by atoms with Gasteiger partial charge in [0.25, 0.3) is 0 Å². The largest absolute Gasteiger partial charge is 0.356 e. The summed E-state index contributed by atoms with van der Waals surface area (Å²) in [7, 11) is 0. The average Bonchev–Trinajstić information content (AvgIpc) is 2.48. The maximum atomic E-state index is 11.4. The van der Waals surface area contributed by atoms with Crippen LogP contribution in [0.5, 0.6) is 0 Å². The summed E-state index contributed by atoms with van der Waals surface area (Å²) in [5, 5.41) is 3.80. The molecule has 0 aliphatic rings. The summed E-state index contributed by atoms with van der Waals surface area (Å²) in [6.07, 6.45) is 1.23. The highest BCUT2D eigenvalue weighted by molar-refractivity contribution is 7.11. The fourth-order valence-corrected chi connectivity index (χ4v) is 2.37. The summed E-state index contributed by atoms with van der Waals surface area (Å²) >= 11 is 1.59. The quantitative estimate of drug-likeness (QED) is 0.775. The second-order valence-electron chi connectivity index (χ2n) is 3.29. The second-order valence-corrected chi connectivity index (χ2v) is 4.45. The molecule has 0 unspecified atom stereocenters. The van der Waals surface area contributed by atoms with Crippen molar-refractivity contribution in [3.8, 4) is 0 Å². The van der Waals surface area contributed by atoms with Gasteiger partial charge in [0.1, 0.15) is 0 Å². The van der Waals surface area contributed by atoms with Crippen molar-refractivity contribution in [1.82, 2.24) is 10.3 Å². The van der Waals surface area contributed by atoms with E-state index in [-0.39, 0.29) is 5.91 Å². The number of nitrogens with one attached hydrogen (secondary N) is 1. The van der Waals surface area contributed by atoms with Crippen molar-refractivity contribution < 1.29 is 4.79 Å². The van der Waals surface area contributed by atoms with Crippen LogP contribution >= 0.6 is 11.3 Å². The molecule has 0 saturated carbocycles. The molecule has 0 spiro atoms. The summed E-state index contributed by atoms with van der Waals surface area (Å²) in [5.74, 6) is 0.0588. The van der Waals surface area contributed by atoms with E-state index in [1.54, 1.807) is 11.3 Å². The zero-order valence-corrected chi connectivity index (χ0v) is 9.99. The Kier molecular flexibility index (Phi) is 4.71. The Balaban J connectivity index is 2.64. The van der Waals surface area contributed by atoms with Crippen LogP contribution in [0.3, 0.4) is 0 Å². The molecule has 0 fully saturated rings. The van der Waals surface area contributed by atoms with Gasteiger partial charge >= 0.3 is 0 Å². The van der Waals surface area contributed by atoms with E-state index < -0.39 is 0 Å². The van der Waals surface area contributed by atoms with Gasteiger partial charge in [-0.25, -0.2) is 4.98 Å². The Morgan fingerprint density at radius 3 is 2.93 bits per heavy atom. The number of nitrogens with two attached hydrogens (primary N) is 1. The zero-order chi connectivity index (χ0) is 11.3. The maximum Gasteiger partial charge on any atom is 0.225 e. The van der Waals surface area contributed by atoms with Crippen LogP contribution in [0.2, 0.25) is 0 Å². The number of aromatic nitrogens is 1. The number of rotatable bonds is 5. The van der Waals surface area contributed by atoms with Crippen molar-refractivity contribution in [3.63, 3.8) is 0 Å². The van der Waals surface area contributed by atoms with E-state index in [0.29, 0.717) is 19.5 Å². The summed E-state index contributed by atoms with van der Waals surface area (Å²) < 4.78 is 0. The molecule has 0 aliphatic carbocycles. The summed E-state index contributed by atoms with van der Waals surface area (Å²) in [6, 6.07) is 0. The highest BCUT2D eigenvalue weighted by Gasteiger charge is 2.10. The number of hydrogen-bond donors (Lipinski definition) is 2. The molecule has 4 nitrogen and oxygen atoms in total. The Labute approximate surface area is 93.9 Å². The molecule has 15 heavy (non-hydrogen) atoms. The van der Waals surface area contributed by atoms with Gasteiger partial charge in [0.05, 0.1) is 17.1 Å². The van der Waals surface area contributed by atoms with E-state index in [1.807, 2.05) is 13.8 Å². The summed E-state index contributed by atoms with van der Waals surface area (Å²) in [4.78, 5) is 16.8. The highest BCUT2D eigenvalue weighted by atomic mass is 32.1. The van der Waals surface area contributed by atoms with Crippen LogP contribution in [0.4, 0.5) is 0 Å². The van der Waals surface area contributed by atoms with E-state index in [0.717, 1.165) is 22.0 Å². The average molecular weight is 227 g/mol. The minimum Gasteiger partial charge on any atom is -0.356 e. The fraction of sp³-hybridized carbons (Fsp3) is 0.600. The standard InChI is InChI=1S/C10H17N3OS/c1-3-12-9(14)6-8-7(2)13-10(15-8)4-5-11/h3-6,11H2,1-2H3,(H,12,14). The van der Waals surface area contributed by atoms with Gasteiger partial charge in [-0.1, -0.05) is 0 Å². The SMILES string of the molecule is CCNC(=O)Cc1sc(CCN)nc1C. The third-order valence-electron chi connectivity index (χ3n) is 1.99. The lowest BCUT2D eigenvalue weighted by Gasteiger charge is -1.99. The van der Waals surface area contributed by atoms with Crippen LogP contribution in [0.1, 0.15) is 22.5 Å². The lowest BCUT2D eigenvalue weighted by molar-refractivity contribution is -0.120. The lowest BCUT2D eigenvalue weighted by atomic mass is 10.3. The molecule has 0 aliphatic heterocycles. The number of amides is 1. The molecule has 1 aromatic heterocycles. The molecule has 84 valence electrons. The molecule has 1 heterocycles. The molecule has 0 aromatic carbocycles. The monoisotopic (exact) mass is 227 g/mol. The first-order valence-corrected chi connectivity index (χ1v) is 5.91. The Bertz CT molecular complexity index is 335. The number of nitrogens with zero attached hydrogens (tertiary/aromatic N) is 1. The maximum absolute atomic E-state index is 11.4.